The van der Waals surface area contributed by atoms with Crippen LogP contribution in [-0.4, -0.2) is 26.4 Å². The maximum atomic E-state index is 14.2. The Hall–Kier alpha value is -2.19. The number of aromatic nitrogens is 3. The van der Waals surface area contributed by atoms with Crippen molar-refractivity contribution in [1.29, 1.82) is 0 Å². The fraction of sp³-hybridized carbons (Fsp3) is 0.316. The van der Waals surface area contributed by atoms with Gasteiger partial charge in [0.2, 0.25) is 5.91 Å². The molecule has 1 aromatic carbocycles. The molecule has 0 radical (unpaired) electrons. The number of carbonyl (C=O) groups excluding carboxylic acids is 1. The van der Waals surface area contributed by atoms with Gasteiger partial charge in [0.1, 0.15) is 5.82 Å². The van der Waals surface area contributed by atoms with Gasteiger partial charge in [-0.15, -0.1) is 21.5 Å². The third-order valence-electron chi connectivity index (χ3n) is 4.37. The lowest BCUT2D eigenvalue weighted by Crippen LogP contribution is -2.27. The lowest BCUT2D eigenvalue weighted by Gasteiger charge is -2.12. The predicted molar refractivity (Wildman–Crippen MR) is 105 cm³/mol. The fourth-order valence-electron chi connectivity index (χ4n) is 2.89. The summed E-state index contributed by atoms with van der Waals surface area (Å²) < 4.78 is 16.2. The average molecular weight is 403 g/mol. The number of amides is 1. The third kappa shape index (κ3) is 4.06. The van der Waals surface area contributed by atoms with Gasteiger partial charge in [-0.2, -0.15) is 0 Å². The number of thiophene rings is 1. The van der Waals surface area contributed by atoms with Crippen molar-refractivity contribution < 1.29 is 9.18 Å². The van der Waals surface area contributed by atoms with Crippen molar-refractivity contribution in [2.45, 2.75) is 37.0 Å². The minimum absolute atomic E-state index is 0.0200. The van der Waals surface area contributed by atoms with Crippen molar-refractivity contribution in [2.75, 3.05) is 5.75 Å². The summed E-state index contributed by atoms with van der Waals surface area (Å²) in [5.41, 5.74) is 0.444. The summed E-state index contributed by atoms with van der Waals surface area (Å²) in [6, 6.07) is 10.8. The molecule has 5 nitrogen and oxygen atoms in total. The molecule has 1 saturated carbocycles. The van der Waals surface area contributed by atoms with Crippen LogP contribution in [0.4, 0.5) is 4.39 Å². The second-order valence-electron chi connectivity index (χ2n) is 6.48. The summed E-state index contributed by atoms with van der Waals surface area (Å²) in [6.07, 6.45) is 2.04. The summed E-state index contributed by atoms with van der Waals surface area (Å²) in [4.78, 5) is 13.4. The summed E-state index contributed by atoms with van der Waals surface area (Å²) >= 11 is 2.96. The van der Waals surface area contributed by atoms with Gasteiger partial charge in [0.15, 0.2) is 11.0 Å². The molecule has 2 aromatic heterocycles. The second kappa shape index (κ2) is 7.82. The first kappa shape index (κ1) is 18.2. The molecule has 8 heteroatoms. The number of rotatable bonds is 7. The van der Waals surface area contributed by atoms with E-state index in [-0.39, 0.29) is 29.6 Å². The van der Waals surface area contributed by atoms with Crippen LogP contribution in [0.5, 0.6) is 0 Å². The summed E-state index contributed by atoms with van der Waals surface area (Å²) in [5.74, 6) is 0.410. The number of nitrogens with zero attached hydrogens (tertiary/aromatic N) is 3. The molecule has 1 fully saturated rings. The molecule has 1 N–H and O–H groups in total. The fourth-order valence-corrected chi connectivity index (χ4v) is 4.44. The highest BCUT2D eigenvalue weighted by molar-refractivity contribution is 7.99. The Bertz CT molecular complexity index is 937. The first-order valence-corrected chi connectivity index (χ1v) is 10.7. The molecule has 27 heavy (non-hydrogen) atoms. The molecule has 1 aliphatic rings. The van der Waals surface area contributed by atoms with E-state index in [1.54, 1.807) is 29.5 Å². The monoisotopic (exact) mass is 402 g/mol. The van der Waals surface area contributed by atoms with Gasteiger partial charge in [0.25, 0.3) is 0 Å². The first-order valence-electron chi connectivity index (χ1n) is 8.79. The zero-order valence-electron chi connectivity index (χ0n) is 14.8. The number of hydrogen-bond acceptors (Lipinski definition) is 5. The Morgan fingerprint density at radius 2 is 2.15 bits per heavy atom. The van der Waals surface area contributed by atoms with Crippen molar-refractivity contribution in [2.24, 2.45) is 0 Å². The highest BCUT2D eigenvalue weighted by Crippen LogP contribution is 2.41. The van der Waals surface area contributed by atoms with E-state index in [0.29, 0.717) is 16.5 Å². The van der Waals surface area contributed by atoms with Crippen LogP contribution in [-0.2, 0) is 4.79 Å². The van der Waals surface area contributed by atoms with Crippen LogP contribution in [0.3, 0.4) is 0 Å². The van der Waals surface area contributed by atoms with Gasteiger partial charge in [-0.1, -0.05) is 30.0 Å². The highest BCUT2D eigenvalue weighted by atomic mass is 32.2. The van der Waals surface area contributed by atoms with Crippen LogP contribution in [0, 0.1) is 5.82 Å². The van der Waals surface area contributed by atoms with Gasteiger partial charge in [-0.25, -0.2) is 4.39 Å². The van der Waals surface area contributed by atoms with Crippen molar-refractivity contribution >= 4 is 29.0 Å². The van der Waals surface area contributed by atoms with Crippen LogP contribution in [0.25, 0.3) is 11.4 Å². The van der Waals surface area contributed by atoms with Crippen LogP contribution in [0.1, 0.15) is 36.7 Å². The lowest BCUT2D eigenvalue weighted by atomic mass is 10.2. The molecule has 1 amide bonds. The van der Waals surface area contributed by atoms with Crippen molar-refractivity contribution in [3.05, 3.63) is 52.5 Å². The van der Waals surface area contributed by atoms with Gasteiger partial charge < -0.3 is 5.32 Å². The standard InChI is InChI=1S/C19H19FN4OS2/c1-12(16-7-4-10-26-16)21-17(25)11-27-19-23-22-18(24(19)13-8-9-13)14-5-2-3-6-15(14)20/h2-7,10,12-13H,8-9,11H2,1H3,(H,21,25). The molecule has 0 spiro atoms. The number of nitrogens with one attached hydrogen (secondary N) is 1. The first-order chi connectivity index (χ1) is 13.1. The van der Waals surface area contributed by atoms with E-state index < -0.39 is 0 Å². The number of thioether (sulfide) groups is 1. The molecule has 0 saturated heterocycles. The van der Waals surface area contributed by atoms with Gasteiger partial charge >= 0.3 is 0 Å². The zero-order valence-corrected chi connectivity index (χ0v) is 16.4. The summed E-state index contributed by atoms with van der Waals surface area (Å²) in [5, 5.41) is 14.1. The van der Waals surface area contributed by atoms with Crippen molar-refractivity contribution in [3.8, 4) is 11.4 Å². The summed E-state index contributed by atoms with van der Waals surface area (Å²) in [7, 11) is 0. The molecule has 1 unspecified atom stereocenters. The largest absolute Gasteiger partial charge is 0.348 e. The van der Waals surface area contributed by atoms with Crippen LogP contribution in [0.2, 0.25) is 0 Å². The molecule has 0 bridgehead atoms. The Morgan fingerprint density at radius 1 is 1.33 bits per heavy atom. The number of hydrogen-bond donors (Lipinski definition) is 1. The molecule has 1 aliphatic carbocycles. The Kier molecular flexibility index (Phi) is 5.27. The van der Waals surface area contributed by atoms with Gasteiger partial charge in [0.05, 0.1) is 17.4 Å². The van der Waals surface area contributed by atoms with Crippen LogP contribution < -0.4 is 5.32 Å². The minimum atomic E-state index is -0.314. The van der Waals surface area contributed by atoms with Gasteiger partial charge in [0, 0.05) is 10.9 Å². The molecule has 4 rings (SSSR count). The van der Waals surface area contributed by atoms with E-state index in [0.717, 1.165) is 17.7 Å². The molecular weight excluding hydrogens is 383 g/mol. The van der Waals surface area contributed by atoms with E-state index in [2.05, 4.69) is 15.5 Å². The van der Waals surface area contributed by atoms with Crippen molar-refractivity contribution in [1.82, 2.24) is 20.1 Å². The summed E-state index contributed by atoms with van der Waals surface area (Å²) in [6.45, 7) is 1.97. The SMILES string of the molecule is CC(NC(=O)CSc1nnc(-c2ccccc2F)n1C1CC1)c1cccs1. The van der Waals surface area contributed by atoms with Crippen molar-refractivity contribution in [3.63, 3.8) is 0 Å². The zero-order chi connectivity index (χ0) is 18.8. The second-order valence-corrected chi connectivity index (χ2v) is 8.40. The van der Waals surface area contributed by atoms with E-state index in [4.69, 9.17) is 0 Å². The molecule has 0 aliphatic heterocycles. The smallest absolute Gasteiger partial charge is 0.230 e. The van der Waals surface area contributed by atoms with Crippen LogP contribution in [0.15, 0.2) is 46.9 Å². The average Bonchev–Trinajstić information content (AvgIpc) is 3.18. The Balaban J connectivity index is 1.47. The predicted octanol–water partition coefficient (Wildman–Crippen LogP) is 4.45. The normalized spacial score (nSPS) is 14.9. The third-order valence-corrected chi connectivity index (χ3v) is 6.37. The Morgan fingerprint density at radius 3 is 2.85 bits per heavy atom. The topological polar surface area (TPSA) is 59.8 Å². The lowest BCUT2D eigenvalue weighted by molar-refractivity contribution is -0.119. The quantitative estimate of drug-likeness (QED) is 0.593. The van der Waals surface area contributed by atoms with E-state index in [9.17, 15) is 9.18 Å². The highest BCUT2D eigenvalue weighted by Gasteiger charge is 2.31. The molecule has 3 aromatic rings. The Labute approximate surface area is 165 Å². The van der Waals surface area contributed by atoms with Crippen LogP contribution >= 0.6 is 23.1 Å². The number of carbonyl (C=O) groups is 1. The molecule has 140 valence electrons. The molecule has 1 atom stereocenters. The van der Waals surface area contributed by atoms with E-state index in [1.807, 2.05) is 29.0 Å². The minimum Gasteiger partial charge on any atom is -0.348 e. The van der Waals surface area contributed by atoms with E-state index in [1.165, 1.54) is 17.8 Å². The number of benzene rings is 1. The van der Waals surface area contributed by atoms with Gasteiger partial charge in [-0.3, -0.25) is 9.36 Å². The van der Waals surface area contributed by atoms with E-state index >= 15 is 0 Å². The molecule has 2 heterocycles. The number of halogens is 1. The maximum Gasteiger partial charge on any atom is 0.230 e. The molecular formula is C19H19FN4OS2. The maximum absolute atomic E-state index is 14.2. The van der Waals surface area contributed by atoms with Gasteiger partial charge in [-0.05, 0) is 43.3 Å².